The molecule has 6 aromatic rings. The van der Waals surface area contributed by atoms with Gasteiger partial charge in [0.2, 0.25) is 0 Å². The van der Waals surface area contributed by atoms with Crippen molar-refractivity contribution in [2.24, 2.45) is 0 Å². The molecule has 0 nitrogen and oxygen atoms in total. The Kier molecular flexibility index (Phi) is 14.5. The van der Waals surface area contributed by atoms with Gasteiger partial charge in [0.05, 0.1) is 0 Å². The zero-order valence-electron chi connectivity index (χ0n) is 31.5. The van der Waals surface area contributed by atoms with Crippen molar-refractivity contribution < 1.29 is 66.0 Å². The Hall–Kier alpha value is -2.97. The molecule has 0 amide bonds. The van der Waals surface area contributed by atoms with Crippen LogP contribution in [0.2, 0.25) is 0 Å². The maximum absolute atomic E-state index is 2.57. The van der Waals surface area contributed by atoms with Gasteiger partial charge in [0.1, 0.15) is 0 Å². The maximum atomic E-state index is 2.57. The molecule has 0 saturated heterocycles. The standard InChI is InChI=1S/4C9H7.2C7H9Si.2ClH.2Hf/c4*1-2-5-9-7-3-6-8(9)4-1;2*8-6-7-4-2-1-3-5-7;;;;/h4*1-7H;2*1-5H,6,8H2;2*1H;;/q;;;;;;;;2*+1/p-2. The average Bonchev–Trinajstić information content (AvgIpc) is 4.06. The van der Waals surface area contributed by atoms with Gasteiger partial charge in [0, 0.05) is 0 Å². The summed E-state index contributed by atoms with van der Waals surface area (Å²) in [5.74, 6) is 0. The number of hydrogen-bond donors (Lipinski definition) is 0. The number of halogens is 2. The van der Waals surface area contributed by atoms with Crippen LogP contribution in [0.15, 0.2) is 182 Å². The molecule has 276 valence electrons. The van der Waals surface area contributed by atoms with Crippen molar-refractivity contribution in [1.29, 1.82) is 0 Å². The first-order valence-corrected chi connectivity index (χ1v) is 46.6. The first-order valence-electron chi connectivity index (χ1n) is 19.7. The van der Waals surface area contributed by atoms with Crippen molar-refractivity contribution in [1.82, 2.24) is 0 Å². The number of allylic oxidation sites excluding steroid dienone is 4. The summed E-state index contributed by atoms with van der Waals surface area (Å²) in [5, 5.41) is 0. The van der Waals surface area contributed by atoms with Gasteiger partial charge in [-0.1, -0.05) is 0 Å². The minimum absolute atomic E-state index is 0. The summed E-state index contributed by atoms with van der Waals surface area (Å²) >= 11 is -3.88. The van der Waals surface area contributed by atoms with E-state index in [1.54, 1.807) is 33.4 Å². The van der Waals surface area contributed by atoms with E-state index < -0.39 is 41.2 Å². The molecule has 0 radical (unpaired) electrons. The molecule has 56 heavy (non-hydrogen) atoms. The van der Waals surface area contributed by atoms with Gasteiger partial charge < -0.3 is 24.8 Å². The molecule has 6 aromatic carbocycles. The van der Waals surface area contributed by atoms with Crippen LogP contribution in [0.3, 0.4) is 0 Å². The minimum Gasteiger partial charge on any atom is -1.00 e. The van der Waals surface area contributed by atoms with Crippen molar-refractivity contribution in [2.75, 3.05) is 0 Å². The molecule has 4 unspecified atom stereocenters. The van der Waals surface area contributed by atoms with E-state index in [-0.39, 0.29) is 38.2 Å². The summed E-state index contributed by atoms with van der Waals surface area (Å²) in [6, 6.07) is 61.5. The zero-order valence-corrected chi connectivity index (χ0v) is 43.0. The molecule has 6 heteroatoms. The molecule has 0 bridgehead atoms. The molecule has 4 aliphatic rings. The number of hydrogen-bond acceptors (Lipinski definition) is 0. The Labute approximate surface area is 364 Å². The van der Waals surface area contributed by atoms with Gasteiger partial charge in [-0.3, -0.25) is 0 Å². The summed E-state index contributed by atoms with van der Waals surface area (Å²) < 4.78 is 3.06. The first kappa shape index (κ1) is 41.2. The quantitative estimate of drug-likeness (QED) is 0.172. The second-order valence-electron chi connectivity index (χ2n) is 15.0. The molecule has 4 atom stereocenters. The molecular weight excluding hydrogens is 1080 g/mol. The summed E-state index contributed by atoms with van der Waals surface area (Å²) in [5.41, 5.74) is 15.5. The van der Waals surface area contributed by atoms with E-state index in [9.17, 15) is 0 Å². The maximum Gasteiger partial charge on any atom is -1.00 e. The fourth-order valence-electron chi connectivity index (χ4n) is 9.17. The van der Waals surface area contributed by atoms with E-state index in [4.69, 9.17) is 0 Å². The van der Waals surface area contributed by atoms with E-state index in [0.717, 1.165) is 14.7 Å². The van der Waals surface area contributed by atoms with Crippen molar-refractivity contribution in [3.05, 3.63) is 238 Å². The van der Waals surface area contributed by atoms with Gasteiger partial charge in [-0.05, 0) is 0 Å². The zero-order chi connectivity index (χ0) is 36.1. The third-order valence-electron chi connectivity index (χ3n) is 11.9. The van der Waals surface area contributed by atoms with Gasteiger partial charge in [-0.25, -0.2) is 0 Å². The summed E-state index contributed by atoms with van der Waals surface area (Å²) in [4.78, 5) is 0. The van der Waals surface area contributed by atoms with E-state index in [0.29, 0.717) is 0 Å². The van der Waals surface area contributed by atoms with Gasteiger partial charge in [-0.2, -0.15) is 0 Å². The van der Waals surface area contributed by atoms with Crippen LogP contribution in [0.25, 0.3) is 24.3 Å². The van der Waals surface area contributed by atoms with E-state index in [1.807, 2.05) is 0 Å². The van der Waals surface area contributed by atoms with Crippen molar-refractivity contribution in [3.8, 4) is 0 Å². The Bertz CT molecular complexity index is 2070. The third-order valence-corrected chi connectivity index (χ3v) is 65.6. The average molecular weight is 1130 g/mol. The number of benzene rings is 6. The molecule has 0 N–H and O–H groups in total. The van der Waals surface area contributed by atoms with Crippen LogP contribution in [0.1, 0.15) is 70.3 Å². The van der Waals surface area contributed by atoms with E-state index in [2.05, 4.69) is 206 Å². The van der Waals surface area contributed by atoms with Crippen molar-refractivity contribution >= 4 is 37.7 Å². The molecule has 0 aliphatic heterocycles. The molecule has 10 rings (SSSR count). The van der Waals surface area contributed by atoms with Crippen LogP contribution in [-0.2, 0) is 53.3 Å². The van der Waals surface area contributed by atoms with Crippen LogP contribution in [-0.4, -0.2) is 13.4 Å². The van der Waals surface area contributed by atoms with Crippen LogP contribution in [0.5, 0.6) is 0 Å². The smallest absolute Gasteiger partial charge is 1.00 e. The van der Waals surface area contributed by atoms with Crippen LogP contribution in [0, 0.1) is 0 Å². The third kappa shape index (κ3) is 9.02. The van der Waals surface area contributed by atoms with E-state index in [1.165, 1.54) is 34.3 Å². The number of fused-ring (bicyclic) bond motifs is 4. The normalized spacial score (nSPS) is 18.9. The second-order valence-corrected chi connectivity index (χ2v) is 58.3. The molecule has 0 aromatic heterocycles. The SMILES string of the molecule is C1=C[CH]([Hf+]([SiH2]Cc2ccccc2)[CH]2C=Cc3ccccc32)c2ccccc21.C1=C[CH]([Hf+]([SiH2]Cc2ccccc2)[CH]2C=Cc3ccccc32)c2ccccc21.[Cl-].[Cl-]. The van der Waals surface area contributed by atoms with Crippen LogP contribution in [0.4, 0.5) is 0 Å². The fourth-order valence-corrected chi connectivity index (χ4v) is 67.0. The predicted octanol–water partition coefficient (Wildman–Crippen LogP) is 4.86. The second kappa shape index (κ2) is 19.7. The molecular formula is C50H46Cl2Hf2Si2. The summed E-state index contributed by atoms with van der Waals surface area (Å²) in [6.45, 7) is -0.201. The summed E-state index contributed by atoms with van der Waals surface area (Å²) in [6.07, 6.45) is 19.9. The van der Waals surface area contributed by atoms with Gasteiger partial charge in [-0.15, -0.1) is 0 Å². The predicted molar refractivity (Wildman–Crippen MR) is 230 cm³/mol. The van der Waals surface area contributed by atoms with Gasteiger partial charge in [0.15, 0.2) is 0 Å². The Morgan fingerprint density at radius 3 is 0.857 bits per heavy atom. The minimum atomic E-state index is -1.94. The fraction of sp³-hybridized carbons (Fsp3) is 0.120. The van der Waals surface area contributed by atoms with E-state index >= 15 is 0 Å². The first-order chi connectivity index (χ1) is 26.8. The molecule has 0 spiro atoms. The van der Waals surface area contributed by atoms with Gasteiger partial charge >= 0.3 is 343 Å². The largest absolute Gasteiger partial charge is 1.00 e. The number of rotatable bonds is 10. The molecule has 0 saturated carbocycles. The molecule has 4 aliphatic carbocycles. The Balaban J connectivity index is 0.000000166. The molecule has 0 fully saturated rings. The monoisotopic (exact) mass is 1130 g/mol. The molecule has 0 heterocycles. The summed E-state index contributed by atoms with van der Waals surface area (Å²) in [7, 11) is 0. The van der Waals surface area contributed by atoms with Crippen molar-refractivity contribution in [2.45, 2.75) is 26.8 Å². The van der Waals surface area contributed by atoms with Gasteiger partial charge in [0.25, 0.3) is 0 Å². The van der Waals surface area contributed by atoms with Crippen molar-refractivity contribution in [3.63, 3.8) is 0 Å². The topological polar surface area (TPSA) is 0 Å². The Morgan fingerprint density at radius 2 is 0.571 bits per heavy atom. The van der Waals surface area contributed by atoms with Crippen LogP contribution >= 0.6 is 0 Å². The Morgan fingerprint density at radius 1 is 0.321 bits per heavy atom. The van der Waals surface area contributed by atoms with Crippen LogP contribution < -0.4 is 24.8 Å².